The van der Waals surface area contributed by atoms with Crippen LogP contribution in [-0.4, -0.2) is 86.6 Å². The summed E-state index contributed by atoms with van der Waals surface area (Å²) in [4.78, 5) is 37.1. The van der Waals surface area contributed by atoms with E-state index in [1.807, 2.05) is 6.07 Å². The summed E-state index contributed by atoms with van der Waals surface area (Å²) in [6, 6.07) is 12.3. The Morgan fingerprint density at radius 3 is 2.63 bits per heavy atom. The molecule has 0 saturated carbocycles. The summed E-state index contributed by atoms with van der Waals surface area (Å²) in [6.07, 6.45) is 10.4. The molecule has 0 spiro atoms. The van der Waals surface area contributed by atoms with Crippen LogP contribution in [-0.2, 0) is 14.8 Å². The number of rotatable bonds is 15. The Bertz CT molecular complexity index is 2340. The van der Waals surface area contributed by atoms with Crippen molar-refractivity contribution in [1.82, 2.24) is 19.6 Å². The lowest BCUT2D eigenvalue weighted by Gasteiger charge is -2.39. The fourth-order valence-corrected chi connectivity index (χ4v) is 9.26. The standard InChI is InChI=1S/C44H55N7O7S/c1-5-6-30(2)38-26-44(3,4)15-11-33(38)29-49-17-19-50(20-18-49)34-7-9-37(41(24-34)58-35-23-32-12-16-45-42(32)47-28-35)43(52)48-59(55,56)36-8-10-39(40(25-36)51(53)54)46-27-31-13-21-57-22-14-31/h7-10,12,16,23-25,28,31,46H,2,5-6,11,13-15,17-22,26-27,29H2,1,3-4H3,(H,45,47)(H,48,52). The molecule has 59 heavy (non-hydrogen) atoms. The molecule has 7 rings (SSSR count). The maximum Gasteiger partial charge on any atom is 0.293 e. The topological polar surface area (TPSA) is 172 Å². The minimum atomic E-state index is -4.54. The highest BCUT2D eigenvalue weighted by Gasteiger charge is 2.31. The Kier molecular flexibility index (Phi) is 12.7. The normalized spacial score (nSPS) is 17.8. The molecule has 1 amide bonds. The molecule has 2 fully saturated rings. The van der Waals surface area contributed by atoms with Crippen LogP contribution < -0.4 is 19.7 Å². The zero-order chi connectivity index (χ0) is 41.7. The lowest BCUT2D eigenvalue weighted by atomic mass is 9.72. The monoisotopic (exact) mass is 825 g/mol. The number of pyridine rings is 1. The second-order valence-electron chi connectivity index (χ2n) is 16.7. The van der Waals surface area contributed by atoms with Crippen LogP contribution in [0.15, 0.2) is 89.1 Å². The number of anilines is 2. The summed E-state index contributed by atoms with van der Waals surface area (Å²) < 4.78 is 41.1. The van der Waals surface area contributed by atoms with E-state index < -0.39 is 31.4 Å². The minimum Gasteiger partial charge on any atom is -0.455 e. The fraction of sp³-hybridized carbons (Fsp3) is 0.455. The average Bonchev–Trinajstić information content (AvgIpc) is 3.69. The number of sulfonamides is 1. The van der Waals surface area contributed by atoms with E-state index in [4.69, 9.17) is 9.47 Å². The molecule has 1 aliphatic carbocycles. The van der Waals surface area contributed by atoms with E-state index >= 15 is 0 Å². The first kappa shape index (κ1) is 41.9. The Morgan fingerprint density at radius 1 is 1.10 bits per heavy atom. The zero-order valence-corrected chi connectivity index (χ0v) is 35.0. The van der Waals surface area contributed by atoms with Gasteiger partial charge in [-0.2, -0.15) is 0 Å². The van der Waals surface area contributed by atoms with E-state index in [1.165, 1.54) is 41.5 Å². The van der Waals surface area contributed by atoms with Gasteiger partial charge in [0.25, 0.3) is 21.6 Å². The number of aromatic nitrogens is 2. The quantitative estimate of drug-likeness (QED) is 0.0779. The highest BCUT2D eigenvalue weighted by Crippen LogP contribution is 2.42. The molecule has 15 heteroatoms. The highest BCUT2D eigenvalue weighted by atomic mass is 32.2. The van der Waals surface area contributed by atoms with E-state index in [9.17, 15) is 23.3 Å². The molecule has 0 unspecified atom stereocenters. The van der Waals surface area contributed by atoms with Crippen molar-refractivity contribution >= 4 is 44.0 Å². The van der Waals surface area contributed by atoms with Crippen LogP contribution in [0.1, 0.15) is 76.1 Å². The summed E-state index contributed by atoms with van der Waals surface area (Å²) in [5.41, 5.74) is 5.78. The smallest absolute Gasteiger partial charge is 0.293 e. The number of piperazine rings is 1. The van der Waals surface area contributed by atoms with Gasteiger partial charge < -0.3 is 24.7 Å². The number of nitro groups is 1. The van der Waals surface area contributed by atoms with Gasteiger partial charge in [-0.25, -0.2) is 18.1 Å². The summed E-state index contributed by atoms with van der Waals surface area (Å²) >= 11 is 0. The third-order valence-electron chi connectivity index (χ3n) is 11.8. The molecule has 2 aromatic heterocycles. The van der Waals surface area contributed by atoms with Gasteiger partial charge in [0.1, 0.15) is 22.8 Å². The van der Waals surface area contributed by atoms with Gasteiger partial charge in [0.2, 0.25) is 0 Å². The summed E-state index contributed by atoms with van der Waals surface area (Å²) in [5.74, 6) is -0.163. The molecule has 2 aliphatic heterocycles. The highest BCUT2D eigenvalue weighted by molar-refractivity contribution is 7.90. The Hall–Kier alpha value is -5.25. The number of nitrogens with one attached hydrogen (secondary N) is 3. The van der Waals surface area contributed by atoms with E-state index in [2.05, 4.69) is 57.2 Å². The van der Waals surface area contributed by atoms with Crippen molar-refractivity contribution in [2.24, 2.45) is 11.3 Å². The van der Waals surface area contributed by atoms with Crippen LogP contribution in [0.2, 0.25) is 0 Å². The van der Waals surface area contributed by atoms with Gasteiger partial charge in [-0.1, -0.05) is 44.9 Å². The molecule has 2 aromatic carbocycles. The number of ether oxygens (including phenoxy) is 2. The fourth-order valence-electron chi connectivity index (χ4n) is 8.27. The Morgan fingerprint density at radius 2 is 1.88 bits per heavy atom. The number of amides is 1. The SMILES string of the molecule is C=C(CCC)C1=C(CN2CCN(c3ccc(C(=O)NS(=O)(=O)c4ccc(NCC5CCOCC5)c([N+](=O)[O-])c4)c(Oc4cnc5[nH]ccc5c4)c3)CC2)CCC(C)(C)C1. The molecule has 3 aliphatic rings. The number of aromatic amines is 1. The molecular formula is C44H55N7O7S. The predicted octanol–water partition coefficient (Wildman–Crippen LogP) is 8.21. The van der Waals surface area contributed by atoms with Gasteiger partial charge in [0.15, 0.2) is 0 Å². The number of nitrogens with zero attached hydrogens (tertiary/aromatic N) is 4. The van der Waals surface area contributed by atoms with Crippen LogP contribution in [0.25, 0.3) is 11.0 Å². The van der Waals surface area contributed by atoms with Gasteiger partial charge in [-0.15, -0.1) is 0 Å². The van der Waals surface area contributed by atoms with Crippen LogP contribution in [0.5, 0.6) is 11.5 Å². The molecule has 0 radical (unpaired) electrons. The van der Waals surface area contributed by atoms with Gasteiger partial charge in [-0.05, 0) is 91.8 Å². The maximum absolute atomic E-state index is 13.9. The van der Waals surface area contributed by atoms with Crippen molar-refractivity contribution in [2.75, 3.05) is 62.7 Å². The number of hydrogen-bond acceptors (Lipinski definition) is 11. The summed E-state index contributed by atoms with van der Waals surface area (Å²) in [6.45, 7) is 17.2. The Labute approximate surface area is 346 Å². The van der Waals surface area contributed by atoms with Crippen molar-refractivity contribution in [3.8, 4) is 11.5 Å². The first-order chi connectivity index (χ1) is 28.3. The number of benzene rings is 2. The predicted molar refractivity (Wildman–Crippen MR) is 230 cm³/mol. The number of allylic oxidation sites excluding steroid dienone is 2. The van der Waals surface area contributed by atoms with Crippen molar-refractivity contribution in [2.45, 2.75) is 70.6 Å². The van der Waals surface area contributed by atoms with Gasteiger partial charge in [0, 0.05) is 81.9 Å². The van der Waals surface area contributed by atoms with Crippen LogP contribution in [0.4, 0.5) is 17.1 Å². The van der Waals surface area contributed by atoms with Crippen LogP contribution >= 0.6 is 0 Å². The van der Waals surface area contributed by atoms with E-state index in [-0.39, 0.29) is 28.3 Å². The molecule has 3 N–H and O–H groups in total. The van der Waals surface area contributed by atoms with Crippen molar-refractivity contribution in [1.29, 1.82) is 0 Å². The third-order valence-corrected chi connectivity index (χ3v) is 13.1. The number of H-pyrrole nitrogens is 1. The number of fused-ring (bicyclic) bond motifs is 1. The molecule has 0 bridgehead atoms. The first-order valence-electron chi connectivity index (χ1n) is 20.6. The van der Waals surface area contributed by atoms with E-state index in [1.54, 1.807) is 30.5 Å². The molecule has 2 saturated heterocycles. The lowest BCUT2D eigenvalue weighted by Crippen LogP contribution is -2.47. The summed E-state index contributed by atoms with van der Waals surface area (Å²) in [7, 11) is -4.54. The van der Waals surface area contributed by atoms with Gasteiger partial charge >= 0.3 is 0 Å². The molecular weight excluding hydrogens is 771 g/mol. The second kappa shape index (κ2) is 17.9. The van der Waals surface area contributed by atoms with Crippen molar-refractivity contribution in [3.05, 3.63) is 99.9 Å². The first-order valence-corrected chi connectivity index (χ1v) is 22.1. The zero-order valence-electron chi connectivity index (χ0n) is 34.2. The average molecular weight is 826 g/mol. The van der Waals surface area contributed by atoms with E-state index in [0.717, 1.165) is 88.4 Å². The lowest BCUT2D eigenvalue weighted by molar-refractivity contribution is -0.384. The molecule has 4 heterocycles. The second-order valence-corrected chi connectivity index (χ2v) is 18.4. The third kappa shape index (κ3) is 10.1. The van der Waals surface area contributed by atoms with Gasteiger partial charge in [-0.3, -0.25) is 19.8 Å². The van der Waals surface area contributed by atoms with Crippen molar-refractivity contribution in [3.63, 3.8) is 0 Å². The molecule has 314 valence electrons. The largest absolute Gasteiger partial charge is 0.455 e. The number of hydrogen-bond donors (Lipinski definition) is 3. The van der Waals surface area contributed by atoms with Crippen molar-refractivity contribution < 1.29 is 27.6 Å². The maximum atomic E-state index is 13.9. The molecule has 4 aromatic rings. The number of carbonyl (C=O) groups excluding carboxylic acids is 1. The molecule has 14 nitrogen and oxygen atoms in total. The minimum absolute atomic E-state index is 0.0265. The molecule has 0 atom stereocenters. The van der Waals surface area contributed by atoms with E-state index in [0.29, 0.717) is 31.2 Å². The number of carbonyl (C=O) groups is 1. The number of nitro benzene ring substituents is 1. The summed E-state index contributed by atoms with van der Waals surface area (Å²) in [5, 5.41) is 16.0. The van der Waals surface area contributed by atoms with Crippen LogP contribution in [0.3, 0.4) is 0 Å². The van der Waals surface area contributed by atoms with Crippen LogP contribution in [0, 0.1) is 21.4 Å². The Balaban J connectivity index is 1.09. The van der Waals surface area contributed by atoms with Gasteiger partial charge in [0.05, 0.1) is 21.6 Å².